The van der Waals surface area contributed by atoms with Crippen molar-refractivity contribution in [2.75, 3.05) is 5.73 Å². The highest BCUT2D eigenvalue weighted by molar-refractivity contribution is 6.23. The number of nitrogen functional groups attached to an aromatic ring is 1. The van der Waals surface area contributed by atoms with Gasteiger partial charge in [0.05, 0.1) is 0 Å². The summed E-state index contributed by atoms with van der Waals surface area (Å²) in [6, 6.07) is 58.0. The van der Waals surface area contributed by atoms with E-state index in [1.54, 1.807) is 0 Å². The number of fused-ring (bicyclic) bond motifs is 6. The summed E-state index contributed by atoms with van der Waals surface area (Å²) in [6.07, 6.45) is 0.943. The molecule has 47 heavy (non-hydrogen) atoms. The second-order valence-corrected chi connectivity index (χ2v) is 13.1. The van der Waals surface area contributed by atoms with Gasteiger partial charge < -0.3 is 5.73 Å². The lowest BCUT2D eigenvalue weighted by molar-refractivity contribution is 0.581. The Morgan fingerprint density at radius 1 is 0.468 bits per heavy atom. The van der Waals surface area contributed by atoms with Crippen LogP contribution in [-0.4, -0.2) is 0 Å². The van der Waals surface area contributed by atoms with E-state index >= 15 is 0 Å². The summed E-state index contributed by atoms with van der Waals surface area (Å²) in [6.45, 7) is 2.37. The zero-order valence-corrected chi connectivity index (χ0v) is 26.5. The monoisotopic (exact) mass is 601 g/mol. The van der Waals surface area contributed by atoms with Crippen molar-refractivity contribution in [2.24, 2.45) is 0 Å². The van der Waals surface area contributed by atoms with Crippen LogP contribution in [0.4, 0.5) is 5.69 Å². The van der Waals surface area contributed by atoms with Gasteiger partial charge in [-0.05, 0) is 125 Å². The Hall–Kier alpha value is -5.66. The van der Waals surface area contributed by atoms with Gasteiger partial charge in [0.15, 0.2) is 0 Å². The van der Waals surface area contributed by atoms with E-state index in [1.165, 1.54) is 82.4 Å². The summed E-state index contributed by atoms with van der Waals surface area (Å²) < 4.78 is 0. The molecular weight excluding hydrogens is 567 g/mol. The standard InChI is InChI=1S/C46H35N/c1-29-35-17-7-8-18-36(35)41-28-34(24-23-33(41)27-40(29)37-19-11-12-22-44(37)47)46-39-21-10-9-20-38(39)45(30-13-3-2-4-14-30)42-25-31-15-5-6-16-32(31)26-43(42)46/h2-26,28-29,40H,27,47H2,1H3/t29?,40-/m1/s1. The molecule has 0 fully saturated rings. The van der Waals surface area contributed by atoms with E-state index < -0.39 is 0 Å². The van der Waals surface area contributed by atoms with E-state index in [-0.39, 0.29) is 0 Å². The second kappa shape index (κ2) is 11.0. The highest BCUT2D eigenvalue weighted by Gasteiger charge is 2.30. The van der Waals surface area contributed by atoms with E-state index in [2.05, 4.69) is 153 Å². The van der Waals surface area contributed by atoms with Crippen molar-refractivity contribution in [3.63, 3.8) is 0 Å². The molecule has 8 aromatic carbocycles. The zero-order valence-electron chi connectivity index (χ0n) is 26.5. The number of nitrogens with two attached hydrogens (primary N) is 1. The van der Waals surface area contributed by atoms with Gasteiger partial charge in [-0.1, -0.05) is 140 Å². The molecule has 224 valence electrons. The molecule has 1 unspecified atom stereocenters. The number of benzene rings is 8. The van der Waals surface area contributed by atoms with Crippen LogP contribution in [0.25, 0.3) is 65.7 Å². The third-order valence-corrected chi connectivity index (χ3v) is 10.5. The van der Waals surface area contributed by atoms with Crippen LogP contribution in [0, 0.1) is 0 Å². The Balaban J connectivity index is 1.35. The van der Waals surface area contributed by atoms with Crippen LogP contribution in [0.1, 0.15) is 35.4 Å². The van der Waals surface area contributed by atoms with Crippen LogP contribution in [0.3, 0.4) is 0 Å². The molecule has 0 saturated heterocycles. The van der Waals surface area contributed by atoms with Gasteiger partial charge in [0, 0.05) is 5.69 Å². The van der Waals surface area contributed by atoms with Crippen LogP contribution >= 0.6 is 0 Å². The molecule has 0 aromatic heterocycles. The summed E-state index contributed by atoms with van der Waals surface area (Å²) in [4.78, 5) is 0. The molecule has 2 N–H and O–H groups in total. The summed E-state index contributed by atoms with van der Waals surface area (Å²) in [5.41, 5.74) is 19.2. The second-order valence-electron chi connectivity index (χ2n) is 13.1. The lowest BCUT2D eigenvalue weighted by Crippen LogP contribution is -2.12. The number of para-hydroxylation sites is 1. The van der Waals surface area contributed by atoms with E-state index in [0.717, 1.165) is 12.1 Å². The highest BCUT2D eigenvalue weighted by Crippen LogP contribution is 2.49. The van der Waals surface area contributed by atoms with E-state index in [0.29, 0.717) is 11.8 Å². The fourth-order valence-corrected chi connectivity index (χ4v) is 8.25. The first-order chi connectivity index (χ1) is 23.2. The highest BCUT2D eigenvalue weighted by atomic mass is 14.6. The normalized spacial score (nSPS) is 15.8. The number of anilines is 1. The fraction of sp³-hybridized carbons (Fsp3) is 0.0870. The van der Waals surface area contributed by atoms with Crippen molar-refractivity contribution in [3.05, 3.63) is 174 Å². The van der Waals surface area contributed by atoms with Gasteiger partial charge in [0.2, 0.25) is 0 Å². The Labute approximate surface area is 275 Å². The van der Waals surface area contributed by atoms with Crippen LogP contribution < -0.4 is 5.73 Å². The van der Waals surface area contributed by atoms with Crippen molar-refractivity contribution in [3.8, 4) is 33.4 Å². The van der Waals surface area contributed by atoms with E-state index in [1.807, 2.05) is 12.1 Å². The minimum atomic E-state index is 0.294. The van der Waals surface area contributed by atoms with Crippen LogP contribution in [0.5, 0.6) is 0 Å². The Morgan fingerprint density at radius 3 is 1.74 bits per heavy atom. The first kappa shape index (κ1) is 27.6. The largest absolute Gasteiger partial charge is 0.398 e. The van der Waals surface area contributed by atoms with Crippen molar-refractivity contribution in [2.45, 2.75) is 25.2 Å². The summed E-state index contributed by atoms with van der Waals surface area (Å²) in [7, 11) is 0. The average Bonchev–Trinajstić information content (AvgIpc) is 3.24. The molecule has 0 radical (unpaired) electrons. The zero-order chi connectivity index (χ0) is 31.5. The molecule has 0 amide bonds. The molecule has 1 aliphatic rings. The minimum Gasteiger partial charge on any atom is -0.398 e. The van der Waals surface area contributed by atoms with E-state index in [9.17, 15) is 0 Å². The molecule has 1 heteroatoms. The first-order valence-corrected chi connectivity index (χ1v) is 16.7. The number of rotatable bonds is 3. The van der Waals surface area contributed by atoms with Crippen LogP contribution in [-0.2, 0) is 6.42 Å². The van der Waals surface area contributed by atoms with Gasteiger partial charge in [0.25, 0.3) is 0 Å². The molecule has 0 aliphatic heterocycles. The predicted octanol–water partition coefficient (Wildman–Crippen LogP) is 12.2. The summed E-state index contributed by atoms with van der Waals surface area (Å²) in [5, 5.41) is 7.64. The SMILES string of the molecule is CC1c2ccccc2-c2cc(-c3c4ccccc4c(-c4ccccc4)c4cc5ccccc5cc34)ccc2C[C@H]1c1ccccc1N. The van der Waals surface area contributed by atoms with Gasteiger partial charge in [-0.3, -0.25) is 0 Å². The average molecular weight is 602 g/mol. The van der Waals surface area contributed by atoms with Gasteiger partial charge in [-0.15, -0.1) is 0 Å². The maximum atomic E-state index is 6.60. The van der Waals surface area contributed by atoms with Gasteiger partial charge in [-0.2, -0.15) is 0 Å². The van der Waals surface area contributed by atoms with Gasteiger partial charge >= 0.3 is 0 Å². The van der Waals surface area contributed by atoms with Crippen molar-refractivity contribution >= 4 is 38.0 Å². The molecule has 1 aliphatic carbocycles. The Kier molecular flexibility index (Phi) is 6.47. The van der Waals surface area contributed by atoms with Crippen LogP contribution in [0.15, 0.2) is 158 Å². The molecule has 9 rings (SSSR count). The quantitative estimate of drug-likeness (QED) is 0.158. The van der Waals surface area contributed by atoms with E-state index in [4.69, 9.17) is 5.73 Å². The van der Waals surface area contributed by atoms with Gasteiger partial charge in [0.1, 0.15) is 0 Å². The number of hydrogen-bond acceptors (Lipinski definition) is 1. The third kappa shape index (κ3) is 4.46. The molecule has 0 saturated carbocycles. The van der Waals surface area contributed by atoms with Crippen molar-refractivity contribution in [1.82, 2.24) is 0 Å². The molecule has 0 bridgehead atoms. The molecule has 0 heterocycles. The Bertz CT molecular complexity index is 2470. The van der Waals surface area contributed by atoms with Crippen LogP contribution in [0.2, 0.25) is 0 Å². The molecule has 2 atom stereocenters. The maximum Gasteiger partial charge on any atom is 0.0349 e. The van der Waals surface area contributed by atoms with Gasteiger partial charge in [-0.25, -0.2) is 0 Å². The summed E-state index contributed by atoms with van der Waals surface area (Å²) >= 11 is 0. The number of hydrogen-bond donors (Lipinski definition) is 1. The molecule has 1 nitrogen and oxygen atoms in total. The first-order valence-electron chi connectivity index (χ1n) is 16.7. The summed E-state index contributed by atoms with van der Waals surface area (Å²) in [5.74, 6) is 0.618. The van der Waals surface area contributed by atoms with Crippen molar-refractivity contribution in [1.29, 1.82) is 0 Å². The smallest absolute Gasteiger partial charge is 0.0349 e. The molecular formula is C46H35N. The lowest BCUT2D eigenvalue weighted by atomic mass is 9.79. The minimum absolute atomic E-state index is 0.294. The fourth-order valence-electron chi connectivity index (χ4n) is 8.25. The lowest BCUT2D eigenvalue weighted by Gasteiger charge is -2.25. The molecule has 0 spiro atoms. The Morgan fingerprint density at radius 2 is 1.04 bits per heavy atom. The maximum absolute atomic E-state index is 6.60. The van der Waals surface area contributed by atoms with Crippen molar-refractivity contribution < 1.29 is 0 Å². The third-order valence-electron chi connectivity index (χ3n) is 10.5. The molecule has 8 aromatic rings. The topological polar surface area (TPSA) is 26.0 Å². The predicted molar refractivity (Wildman–Crippen MR) is 201 cm³/mol.